The van der Waals surface area contributed by atoms with Crippen LogP contribution in [0.3, 0.4) is 0 Å². The van der Waals surface area contributed by atoms with E-state index in [-0.39, 0.29) is 17.4 Å². The Morgan fingerprint density at radius 3 is 2.43 bits per heavy atom. The SMILES string of the molecule is CC1CC(C(=O)O)C(C(=O)Nc2ccccc2C(N)=O)C1. The smallest absolute Gasteiger partial charge is 0.307 e. The van der Waals surface area contributed by atoms with Gasteiger partial charge in [0.25, 0.3) is 5.91 Å². The Bertz CT molecular complexity index is 585. The van der Waals surface area contributed by atoms with Gasteiger partial charge in [0.2, 0.25) is 5.91 Å². The summed E-state index contributed by atoms with van der Waals surface area (Å²) in [5.41, 5.74) is 5.79. The maximum absolute atomic E-state index is 12.3. The van der Waals surface area contributed by atoms with Crippen molar-refractivity contribution >= 4 is 23.5 Å². The van der Waals surface area contributed by atoms with Gasteiger partial charge >= 0.3 is 5.97 Å². The minimum atomic E-state index is -0.956. The summed E-state index contributed by atoms with van der Waals surface area (Å²) >= 11 is 0. The minimum Gasteiger partial charge on any atom is -0.481 e. The average molecular weight is 290 g/mol. The largest absolute Gasteiger partial charge is 0.481 e. The van der Waals surface area contributed by atoms with Gasteiger partial charge in [0.1, 0.15) is 0 Å². The molecule has 1 aliphatic carbocycles. The molecule has 6 nitrogen and oxygen atoms in total. The van der Waals surface area contributed by atoms with Crippen molar-refractivity contribution in [2.45, 2.75) is 19.8 Å². The molecule has 0 spiro atoms. The van der Waals surface area contributed by atoms with E-state index in [1.165, 1.54) is 6.07 Å². The Kier molecular flexibility index (Phi) is 4.26. The van der Waals surface area contributed by atoms with Gasteiger partial charge in [-0.2, -0.15) is 0 Å². The van der Waals surface area contributed by atoms with Crippen molar-refractivity contribution in [3.8, 4) is 0 Å². The van der Waals surface area contributed by atoms with Gasteiger partial charge in [-0.25, -0.2) is 0 Å². The van der Waals surface area contributed by atoms with Gasteiger partial charge in [0.05, 0.1) is 23.1 Å². The topological polar surface area (TPSA) is 109 Å². The number of nitrogens with two attached hydrogens (primary N) is 1. The van der Waals surface area contributed by atoms with E-state index < -0.39 is 23.7 Å². The highest BCUT2D eigenvalue weighted by molar-refractivity contribution is 6.04. The average Bonchev–Trinajstić information content (AvgIpc) is 2.81. The summed E-state index contributed by atoms with van der Waals surface area (Å²) in [5, 5.41) is 11.8. The number of carboxylic acids is 1. The second kappa shape index (κ2) is 5.95. The molecule has 2 rings (SSSR count). The fourth-order valence-electron chi connectivity index (χ4n) is 2.89. The molecule has 0 heterocycles. The van der Waals surface area contributed by atoms with E-state index in [0.717, 1.165) is 0 Å². The molecule has 1 saturated carbocycles. The van der Waals surface area contributed by atoms with Crippen molar-refractivity contribution in [1.82, 2.24) is 0 Å². The minimum absolute atomic E-state index is 0.188. The summed E-state index contributed by atoms with van der Waals surface area (Å²) in [6, 6.07) is 6.41. The van der Waals surface area contributed by atoms with Crippen LogP contribution in [0.4, 0.5) is 5.69 Å². The van der Waals surface area contributed by atoms with Crippen molar-refractivity contribution in [2.75, 3.05) is 5.32 Å². The lowest BCUT2D eigenvalue weighted by Gasteiger charge is -2.16. The molecule has 112 valence electrons. The van der Waals surface area contributed by atoms with Crippen LogP contribution in [0.25, 0.3) is 0 Å². The lowest BCUT2D eigenvalue weighted by atomic mass is 9.95. The molecule has 0 radical (unpaired) electrons. The molecule has 4 N–H and O–H groups in total. The summed E-state index contributed by atoms with van der Waals surface area (Å²) in [4.78, 5) is 34.9. The number of nitrogens with one attached hydrogen (secondary N) is 1. The van der Waals surface area contributed by atoms with Crippen LogP contribution in [0.5, 0.6) is 0 Å². The van der Waals surface area contributed by atoms with E-state index in [2.05, 4.69) is 5.32 Å². The van der Waals surface area contributed by atoms with Crippen LogP contribution in [0.15, 0.2) is 24.3 Å². The number of rotatable bonds is 4. The molecule has 0 bridgehead atoms. The van der Waals surface area contributed by atoms with Crippen LogP contribution in [-0.4, -0.2) is 22.9 Å². The van der Waals surface area contributed by atoms with Crippen molar-refractivity contribution < 1.29 is 19.5 Å². The first-order valence-corrected chi connectivity index (χ1v) is 6.82. The number of aliphatic carboxylic acids is 1. The number of hydrogen-bond donors (Lipinski definition) is 3. The van der Waals surface area contributed by atoms with E-state index in [9.17, 15) is 19.5 Å². The second-order valence-corrected chi connectivity index (χ2v) is 5.53. The van der Waals surface area contributed by atoms with Crippen molar-refractivity contribution in [3.63, 3.8) is 0 Å². The molecule has 1 aromatic carbocycles. The van der Waals surface area contributed by atoms with Crippen molar-refractivity contribution in [1.29, 1.82) is 0 Å². The lowest BCUT2D eigenvalue weighted by Crippen LogP contribution is -2.30. The summed E-state index contributed by atoms with van der Waals surface area (Å²) in [5.74, 6) is -3.05. The van der Waals surface area contributed by atoms with Crippen LogP contribution < -0.4 is 11.1 Å². The second-order valence-electron chi connectivity index (χ2n) is 5.53. The van der Waals surface area contributed by atoms with E-state index >= 15 is 0 Å². The number of benzene rings is 1. The number of carbonyl (C=O) groups is 3. The number of para-hydroxylation sites is 1. The molecule has 3 unspecified atom stereocenters. The van der Waals surface area contributed by atoms with Gasteiger partial charge in [-0.05, 0) is 30.9 Å². The summed E-state index contributed by atoms with van der Waals surface area (Å²) in [6.45, 7) is 1.93. The Balaban J connectivity index is 2.18. The quantitative estimate of drug-likeness (QED) is 0.780. The molecule has 0 saturated heterocycles. The van der Waals surface area contributed by atoms with Gasteiger partial charge in [-0.15, -0.1) is 0 Å². The van der Waals surface area contributed by atoms with E-state index in [4.69, 9.17) is 5.73 Å². The summed E-state index contributed by atoms with van der Waals surface area (Å²) < 4.78 is 0. The molecule has 2 amide bonds. The molecule has 21 heavy (non-hydrogen) atoms. The molecule has 1 aromatic rings. The first kappa shape index (κ1) is 15.0. The van der Waals surface area contributed by atoms with Crippen molar-refractivity contribution in [3.05, 3.63) is 29.8 Å². The summed E-state index contributed by atoms with van der Waals surface area (Å²) in [6.07, 6.45) is 1.02. The maximum Gasteiger partial charge on any atom is 0.307 e. The van der Waals surface area contributed by atoms with Gasteiger partial charge in [-0.1, -0.05) is 19.1 Å². The van der Waals surface area contributed by atoms with Crippen LogP contribution in [0.1, 0.15) is 30.1 Å². The number of anilines is 1. The van der Waals surface area contributed by atoms with Gasteiger partial charge in [0.15, 0.2) is 0 Å². The Labute approximate surface area is 122 Å². The third-order valence-corrected chi connectivity index (χ3v) is 3.90. The van der Waals surface area contributed by atoms with Crippen LogP contribution in [0.2, 0.25) is 0 Å². The first-order chi connectivity index (χ1) is 9.90. The number of carbonyl (C=O) groups excluding carboxylic acids is 2. The fourth-order valence-corrected chi connectivity index (χ4v) is 2.89. The van der Waals surface area contributed by atoms with E-state index in [1.54, 1.807) is 18.2 Å². The fraction of sp³-hybridized carbons (Fsp3) is 0.400. The predicted octanol–water partition coefficient (Wildman–Crippen LogP) is 1.47. The number of carboxylic acid groups (broad SMARTS) is 1. The number of amides is 2. The Morgan fingerprint density at radius 1 is 1.19 bits per heavy atom. The van der Waals surface area contributed by atoms with E-state index in [1.807, 2.05) is 6.92 Å². The van der Waals surface area contributed by atoms with Crippen LogP contribution >= 0.6 is 0 Å². The third-order valence-electron chi connectivity index (χ3n) is 3.90. The molecule has 1 aliphatic rings. The highest BCUT2D eigenvalue weighted by atomic mass is 16.4. The lowest BCUT2D eigenvalue weighted by molar-refractivity contribution is -0.145. The normalized spacial score (nSPS) is 24.5. The molecular weight excluding hydrogens is 272 g/mol. The monoisotopic (exact) mass is 290 g/mol. The standard InChI is InChI=1S/C15H18N2O4/c1-8-6-10(11(7-8)15(20)21)14(19)17-12-5-3-2-4-9(12)13(16)18/h2-5,8,10-11H,6-7H2,1H3,(H2,16,18)(H,17,19)(H,20,21). The molecule has 0 aromatic heterocycles. The zero-order chi connectivity index (χ0) is 15.6. The Hall–Kier alpha value is -2.37. The third kappa shape index (κ3) is 3.21. The van der Waals surface area contributed by atoms with E-state index in [0.29, 0.717) is 18.5 Å². The highest BCUT2D eigenvalue weighted by Gasteiger charge is 2.41. The van der Waals surface area contributed by atoms with Gasteiger partial charge < -0.3 is 16.2 Å². The first-order valence-electron chi connectivity index (χ1n) is 6.82. The molecular formula is C15H18N2O4. The maximum atomic E-state index is 12.3. The zero-order valence-corrected chi connectivity index (χ0v) is 11.7. The number of primary amides is 1. The summed E-state index contributed by atoms with van der Waals surface area (Å²) in [7, 11) is 0. The van der Waals surface area contributed by atoms with Crippen molar-refractivity contribution in [2.24, 2.45) is 23.5 Å². The van der Waals surface area contributed by atoms with Crippen LogP contribution in [-0.2, 0) is 9.59 Å². The molecule has 3 atom stereocenters. The molecule has 1 fully saturated rings. The van der Waals surface area contributed by atoms with Crippen LogP contribution in [0, 0.1) is 17.8 Å². The van der Waals surface area contributed by atoms with Gasteiger partial charge in [-0.3, -0.25) is 14.4 Å². The highest BCUT2D eigenvalue weighted by Crippen LogP contribution is 2.37. The molecule has 6 heteroatoms. The Morgan fingerprint density at radius 2 is 1.81 bits per heavy atom. The number of hydrogen-bond acceptors (Lipinski definition) is 3. The molecule has 0 aliphatic heterocycles. The van der Waals surface area contributed by atoms with Gasteiger partial charge in [0, 0.05) is 0 Å². The zero-order valence-electron chi connectivity index (χ0n) is 11.7. The predicted molar refractivity (Wildman–Crippen MR) is 76.6 cm³/mol.